The van der Waals surface area contributed by atoms with Gasteiger partial charge in [0, 0.05) is 11.8 Å². The number of phosphoric acid groups is 1. The van der Waals surface area contributed by atoms with E-state index >= 15 is 4.39 Å². The fraction of sp³-hybridized carbons (Fsp3) is 0.727. The van der Waals surface area contributed by atoms with Crippen molar-refractivity contribution in [2.24, 2.45) is 11.8 Å². The van der Waals surface area contributed by atoms with Crippen molar-refractivity contribution in [3.63, 3.8) is 0 Å². The molecule has 2 aromatic heterocycles. The van der Waals surface area contributed by atoms with Crippen LogP contribution < -0.4 is 5.73 Å². The number of aliphatic hydroxyl groups is 4. The van der Waals surface area contributed by atoms with Crippen LogP contribution in [0.1, 0.15) is 18.6 Å². The average Bonchev–Trinajstić information content (AvgIpc) is 3.48. The van der Waals surface area contributed by atoms with E-state index in [-0.39, 0.29) is 5.82 Å². The lowest BCUT2D eigenvalue weighted by molar-refractivity contribution is -0.426. The average molecular weight is 692 g/mol. The summed E-state index contributed by atoms with van der Waals surface area (Å²) < 4.78 is 68.9. The first kappa shape index (κ1) is 34.0. The molecule has 17 nitrogen and oxygen atoms in total. The van der Waals surface area contributed by atoms with Gasteiger partial charge >= 0.3 is 14.5 Å². The van der Waals surface area contributed by atoms with Crippen molar-refractivity contribution in [3.05, 3.63) is 18.1 Å². The molecule has 248 valence electrons. The number of alkyl halides is 2. The third-order valence-electron chi connectivity index (χ3n) is 8.16. The number of aromatic amines is 1. The summed E-state index contributed by atoms with van der Waals surface area (Å²) in [5.74, 6) is -5.83. The predicted octanol–water partition coefficient (Wildman–Crippen LogP) is -0.651. The minimum atomic E-state index is -5.37. The molecule has 1 saturated carbocycles. The quantitative estimate of drug-likeness (QED) is 0.136. The van der Waals surface area contributed by atoms with Crippen LogP contribution in [0.3, 0.4) is 0 Å². The first-order chi connectivity index (χ1) is 20.3. The number of aliphatic hydroxyl groups excluding tert-OH is 3. The number of ether oxygens (including phenoxy) is 2. The number of H-pyrrole nitrogens is 1. The lowest BCUT2D eigenvalue weighted by atomic mass is 9.87. The fourth-order valence-electron chi connectivity index (χ4n) is 6.41. The number of hydrogen-bond acceptors (Lipinski definition) is 15. The van der Waals surface area contributed by atoms with Gasteiger partial charge < -0.3 is 59.8 Å². The maximum Gasteiger partial charge on any atom is 0.481 e. The highest BCUT2D eigenvalue weighted by Gasteiger charge is 2.74. The second-order valence-corrected chi connectivity index (χ2v) is 15.6. The molecule has 0 bridgehead atoms. The molecule has 4 heterocycles. The maximum atomic E-state index is 16.4. The highest BCUT2D eigenvalue weighted by Crippen LogP contribution is 2.65. The molecule has 2 aromatic rings. The molecular formula is C22H33F2N5O12P2S. The van der Waals surface area contributed by atoms with Gasteiger partial charge in [-0.15, -0.1) is 0 Å². The number of nitrogens with zero attached hydrogens (tertiary/aromatic N) is 3. The summed E-state index contributed by atoms with van der Waals surface area (Å²) in [7, 11) is -2.20. The van der Waals surface area contributed by atoms with Crippen molar-refractivity contribution in [1.29, 1.82) is 0 Å². The van der Waals surface area contributed by atoms with E-state index < -0.39 is 94.0 Å². The number of nitrogen functional groups attached to an aromatic ring is 1. The van der Waals surface area contributed by atoms with E-state index in [0.717, 1.165) is 0 Å². The zero-order chi connectivity index (χ0) is 32.6. The third-order valence-corrected chi connectivity index (χ3v) is 11.7. The van der Waals surface area contributed by atoms with Crippen LogP contribution in [-0.2, 0) is 39.2 Å². The standard InChI is InChI=1S/C22H33F2N5O12P2S/c1-21(24)17(29(2)3)10(38-18(21)8-4-26-14-13(8)27-7-28-19(14)25)6-37-43(36,44)41-42(34,35)40-20-12-16(32)15(31)11(9(23)5-30)22(12,33)39-20/h4,7,9-12,15-18,20,26,30-33H,5-6H2,1-3H3,(H,34,35)(H,36,44)(H2,25,27,28)/t9-,10+,11?,12?,15?,16?,17+,18-,20?,21+,22?,43?/m0/s1. The number of anilines is 1. The summed E-state index contributed by atoms with van der Waals surface area (Å²) >= 11 is 4.86. The Hall–Kier alpha value is -1.32. The van der Waals surface area contributed by atoms with E-state index in [9.17, 15) is 34.1 Å². The Morgan fingerprint density at radius 1 is 1.30 bits per heavy atom. The van der Waals surface area contributed by atoms with E-state index in [0.29, 0.717) is 16.6 Å². The Labute approximate surface area is 253 Å². The van der Waals surface area contributed by atoms with Crippen molar-refractivity contribution in [2.75, 3.05) is 33.0 Å². The second kappa shape index (κ2) is 11.7. The Morgan fingerprint density at radius 3 is 2.61 bits per heavy atom. The lowest BCUT2D eigenvalue weighted by Gasteiger charge is -2.49. The third kappa shape index (κ3) is 5.74. The number of hydrogen-bond donors (Lipinski definition) is 8. The van der Waals surface area contributed by atoms with E-state index in [1.807, 2.05) is 0 Å². The molecule has 2 saturated heterocycles. The summed E-state index contributed by atoms with van der Waals surface area (Å²) in [5.41, 5.74) is 4.85. The van der Waals surface area contributed by atoms with Crippen molar-refractivity contribution in [3.8, 4) is 0 Å². The van der Waals surface area contributed by atoms with Gasteiger partial charge in [0.15, 0.2) is 23.6 Å². The molecule has 9 N–H and O–H groups in total. The Morgan fingerprint density at radius 2 is 1.98 bits per heavy atom. The van der Waals surface area contributed by atoms with Crippen LogP contribution >= 0.6 is 14.5 Å². The number of rotatable bonds is 11. The highest BCUT2D eigenvalue weighted by molar-refractivity contribution is 8.08. The Bertz CT molecular complexity index is 1490. The number of nitrogens with two attached hydrogens (primary N) is 1. The van der Waals surface area contributed by atoms with Gasteiger partial charge in [0.2, 0.25) is 0 Å². The van der Waals surface area contributed by atoms with Gasteiger partial charge in [-0.1, -0.05) is 0 Å². The van der Waals surface area contributed by atoms with Gasteiger partial charge in [-0.3, -0.25) is 4.52 Å². The number of nitrogens with one attached hydrogen (secondary N) is 1. The summed E-state index contributed by atoms with van der Waals surface area (Å²) in [6.07, 6.45) is -7.54. The molecule has 3 aliphatic rings. The molecule has 0 amide bonds. The number of fused-ring (bicyclic) bond motifs is 2. The largest absolute Gasteiger partial charge is 0.481 e. The summed E-state index contributed by atoms with van der Waals surface area (Å²) in [5, 5.41) is 40.1. The molecule has 5 rings (SSSR count). The number of halogens is 2. The van der Waals surface area contributed by atoms with Crippen LogP contribution in [0.15, 0.2) is 12.5 Å². The van der Waals surface area contributed by atoms with Gasteiger partial charge in [0.25, 0.3) is 0 Å². The monoisotopic (exact) mass is 691 g/mol. The van der Waals surface area contributed by atoms with Gasteiger partial charge in [0.05, 0.1) is 48.8 Å². The zero-order valence-corrected chi connectivity index (χ0v) is 26.0. The van der Waals surface area contributed by atoms with Crippen molar-refractivity contribution in [2.45, 2.75) is 61.3 Å². The molecule has 1 aliphatic carbocycles. The van der Waals surface area contributed by atoms with Gasteiger partial charge in [0.1, 0.15) is 30.2 Å². The van der Waals surface area contributed by atoms with Crippen LogP contribution in [0.4, 0.5) is 14.6 Å². The van der Waals surface area contributed by atoms with E-state index in [1.54, 1.807) is 14.1 Å². The first-order valence-corrected chi connectivity index (χ1v) is 17.2. The van der Waals surface area contributed by atoms with Crippen molar-refractivity contribution >= 4 is 43.2 Å². The number of phosphoric ester groups is 1. The molecular weight excluding hydrogens is 658 g/mol. The molecule has 2 aliphatic heterocycles. The summed E-state index contributed by atoms with van der Waals surface area (Å²) in [6.45, 7) is -5.05. The Balaban J connectivity index is 1.26. The highest BCUT2D eigenvalue weighted by atomic mass is 32.5. The van der Waals surface area contributed by atoms with E-state index in [1.165, 1.54) is 24.3 Å². The van der Waals surface area contributed by atoms with Gasteiger partial charge in [-0.2, -0.15) is 0 Å². The summed E-state index contributed by atoms with van der Waals surface area (Å²) in [6, 6.07) is -0.994. The van der Waals surface area contributed by atoms with Crippen LogP contribution in [0, 0.1) is 11.8 Å². The molecule has 0 spiro atoms. The fourth-order valence-corrected chi connectivity index (χ4v) is 9.51. The van der Waals surface area contributed by atoms with Crippen LogP contribution in [0.5, 0.6) is 0 Å². The first-order valence-electron chi connectivity index (χ1n) is 13.1. The van der Waals surface area contributed by atoms with Crippen LogP contribution in [0.25, 0.3) is 11.0 Å². The molecule has 22 heteroatoms. The molecule has 13 atom stereocenters. The van der Waals surface area contributed by atoms with Crippen LogP contribution in [0.2, 0.25) is 0 Å². The SMILES string of the molecule is CN(C)[C@@H]1[C@@H](COP(O)(=S)OP(=O)(O)OC2OC3(O)C2C(O)C(O)C3[C@@H](F)CO)O[C@@H](c2c[nH]c3c(N)ncnc23)[C@]1(C)F. The normalized spacial score (nSPS) is 40.5. The number of likely N-dealkylation sites (N-methyl/N-ethyl adjacent to an activating group) is 1. The smallest absolute Gasteiger partial charge is 0.393 e. The number of aromatic nitrogens is 3. The van der Waals surface area contributed by atoms with Crippen molar-refractivity contribution in [1.82, 2.24) is 19.9 Å². The lowest BCUT2D eigenvalue weighted by Crippen LogP contribution is -2.64. The van der Waals surface area contributed by atoms with Gasteiger partial charge in [-0.05, 0) is 32.8 Å². The van der Waals surface area contributed by atoms with E-state index in [4.69, 9.17) is 41.2 Å². The minimum absolute atomic E-state index is 0.143. The molecule has 3 fully saturated rings. The van der Waals surface area contributed by atoms with Gasteiger partial charge in [-0.25, -0.2) is 27.6 Å². The topological polar surface area (TPSA) is 255 Å². The maximum absolute atomic E-state index is 16.4. The minimum Gasteiger partial charge on any atom is -0.393 e. The molecule has 0 aromatic carbocycles. The second-order valence-electron chi connectivity index (χ2n) is 11.2. The molecule has 8 unspecified atom stereocenters. The predicted molar refractivity (Wildman–Crippen MR) is 148 cm³/mol. The Kier molecular flexibility index (Phi) is 9.07. The van der Waals surface area contributed by atoms with Crippen LogP contribution in [-0.4, -0.2) is 126 Å². The van der Waals surface area contributed by atoms with Crippen molar-refractivity contribution < 1.29 is 66.4 Å². The zero-order valence-electron chi connectivity index (χ0n) is 23.4. The summed E-state index contributed by atoms with van der Waals surface area (Å²) in [4.78, 5) is 33.3. The molecule has 44 heavy (non-hydrogen) atoms. The molecule has 0 radical (unpaired) electrons. The van der Waals surface area contributed by atoms with E-state index in [2.05, 4.69) is 19.3 Å².